The predicted molar refractivity (Wildman–Crippen MR) is 123 cm³/mol. The Morgan fingerprint density at radius 1 is 1.19 bits per heavy atom. The number of carbonyl (C=O) groups excluding carboxylic acids is 1. The van der Waals surface area contributed by atoms with Crippen molar-refractivity contribution >= 4 is 21.7 Å². The summed E-state index contributed by atoms with van der Waals surface area (Å²) in [4.78, 5) is 27.7. The van der Waals surface area contributed by atoms with Crippen molar-refractivity contribution in [1.29, 1.82) is 0 Å². The second-order valence-corrected chi connectivity index (χ2v) is 9.92. The van der Waals surface area contributed by atoms with Crippen LogP contribution >= 0.6 is 0 Å². The first-order valence-corrected chi connectivity index (χ1v) is 12.6. The number of hydrogen-bond donors (Lipinski definition) is 1. The molecule has 1 amide bonds. The molecule has 1 heterocycles. The standard InChI is InChI=1S/C22H30N4O5S/c1-25(2)14-7-6-13-20(27)23-17-10-8-9-16(15-17)21-18-11-4-5-12-19(18)22(28)26(24-21)31-32(3,29)30/h8-10,15H,4-7,11-14H2,1-3H3,(H,23,27). The van der Waals surface area contributed by atoms with Gasteiger partial charge < -0.3 is 10.2 Å². The Kier molecular flexibility index (Phi) is 7.68. The van der Waals surface area contributed by atoms with Crippen LogP contribution in [0, 0.1) is 0 Å². The fraction of sp³-hybridized carbons (Fsp3) is 0.500. The zero-order valence-electron chi connectivity index (χ0n) is 18.8. The van der Waals surface area contributed by atoms with E-state index in [-0.39, 0.29) is 5.91 Å². The fourth-order valence-electron chi connectivity index (χ4n) is 3.81. The summed E-state index contributed by atoms with van der Waals surface area (Å²) in [6.45, 7) is 0.935. The molecule has 9 nitrogen and oxygen atoms in total. The van der Waals surface area contributed by atoms with E-state index in [1.807, 2.05) is 20.2 Å². The minimum absolute atomic E-state index is 0.0683. The molecule has 1 aromatic heterocycles. The average molecular weight is 463 g/mol. The molecule has 174 valence electrons. The van der Waals surface area contributed by atoms with Crippen LogP contribution in [0.4, 0.5) is 5.69 Å². The summed E-state index contributed by atoms with van der Waals surface area (Å²) in [6.07, 6.45) is 6.02. The summed E-state index contributed by atoms with van der Waals surface area (Å²) in [5, 5.41) is 7.13. The van der Waals surface area contributed by atoms with Gasteiger partial charge in [-0.25, -0.2) is 0 Å². The Hall–Kier alpha value is -2.72. The van der Waals surface area contributed by atoms with E-state index in [1.165, 1.54) is 0 Å². The third-order valence-electron chi connectivity index (χ3n) is 5.26. The summed E-state index contributed by atoms with van der Waals surface area (Å²) >= 11 is 0. The minimum atomic E-state index is -3.93. The number of nitrogens with one attached hydrogen (secondary N) is 1. The maximum absolute atomic E-state index is 12.7. The van der Waals surface area contributed by atoms with Gasteiger partial charge in [-0.3, -0.25) is 13.9 Å². The number of anilines is 1. The highest BCUT2D eigenvalue weighted by Crippen LogP contribution is 2.29. The number of benzene rings is 1. The van der Waals surface area contributed by atoms with E-state index in [0.29, 0.717) is 46.6 Å². The lowest BCUT2D eigenvalue weighted by Gasteiger charge is -2.20. The molecule has 0 fully saturated rings. The monoisotopic (exact) mass is 462 g/mol. The van der Waals surface area contributed by atoms with E-state index in [2.05, 4.69) is 15.3 Å². The Balaban J connectivity index is 1.87. The van der Waals surface area contributed by atoms with Crippen molar-refractivity contribution in [2.24, 2.45) is 0 Å². The van der Waals surface area contributed by atoms with Gasteiger partial charge in [0, 0.05) is 23.2 Å². The van der Waals surface area contributed by atoms with Gasteiger partial charge in [0.15, 0.2) is 0 Å². The largest absolute Gasteiger partial charge is 0.326 e. The highest BCUT2D eigenvalue weighted by molar-refractivity contribution is 7.86. The summed E-state index contributed by atoms with van der Waals surface area (Å²) in [7, 11) is 0.0793. The van der Waals surface area contributed by atoms with Gasteiger partial charge in [0.05, 0.1) is 11.9 Å². The van der Waals surface area contributed by atoms with Crippen molar-refractivity contribution in [3.8, 4) is 11.3 Å². The van der Waals surface area contributed by atoms with Crippen molar-refractivity contribution < 1.29 is 17.5 Å². The van der Waals surface area contributed by atoms with E-state index in [4.69, 9.17) is 4.28 Å². The summed E-state index contributed by atoms with van der Waals surface area (Å²) in [5.41, 5.74) is 2.58. The summed E-state index contributed by atoms with van der Waals surface area (Å²) in [5.74, 6) is -0.0683. The number of fused-ring (bicyclic) bond motifs is 1. The van der Waals surface area contributed by atoms with E-state index in [1.54, 1.807) is 18.2 Å². The normalized spacial score (nSPS) is 13.6. The highest BCUT2D eigenvalue weighted by atomic mass is 32.2. The molecule has 0 saturated heterocycles. The topological polar surface area (TPSA) is 111 Å². The first-order valence-electron chi connectivity index (χ1n) is 10.7. The van der Waals surface area contributed by atoms with Crippen molar-refractivity contribution in [1.82, 2.24) is 14.8 Å². The first-order chi connectivity index (χ1) is 15.1. The van der Waals surface area contributed by atoms with Gasteiger partial charge >= 0.3 is 15.7 Å². The van der Waals surface area contributed by atoms with Crippen molar-refractivity contribution in [2.45, 2.75) is 44.9 Å². The van der Waals surface area contributed by atoms with E-state index in [9.17, 15) is 18.0 Å². The number of nitrogens with zero attached hydrogens (tertiary/aromatic N) is 3. The molecule has 0 unspecified atom stereocenters. The minimum Gasteiger partial charge on any atom is -0.326 e. The zero-order valence-corrected chi connectivity index (χ0v) is 19.6. The van der Waals surface area contributed by atoms with Crippen LogP contribution in [0.5, 0.6) is 0 Å². The van der Waals surface area contributed by atoms with Crippen LogP contribution in [0.25, 0.3) is 11.3 Å². The highest BCUT2D eigenvalue weighted by Gasteiger charge is 2.23. The van der Waals surface area contributed by atoms with Gasteiger partial charge in [-0.15, -0.1) is 5.10 Å². The molecule has 2 aromatic rings. The average Bonchev–Trinajstić information content (AvgIpc) is 2.72. The van der Waals surface area contributed by atoms with Crippen LogP contribution in [0.2, 0.25) is 0 Å². The molecule has 0 spiro atoms. The maximum atomic E-state index is 12.7. The third kappa shape index (κ3) is 6.39. The third-order valence-corrected chi connectivity index (χ3v) is 5.67. The maximum Gasteiger partial charge on any atom is 0.325 e. The fourth-order valence-corrected chi connectivity index (χ4v) is 4.16. The van der Waals surface area contributed by atoms with Gasteiger partial charge in [0.25, 0.3) is 0 Å². The molecule has 0 radical (unpaired) electrons. The van der Waals surface area contributed by atoms with Crippen LogP contribution in [-0.2, 0) is 27.8 Å². The van der Waals surface area contributed by atoms with Gasteiger partial charge in [-0.1, -0.05) is 12.1 Å². The lowest BCUT2D eigenvalue weighted by Crippen LogP contribution is -2.36. The number of carbonyl (C=O) groups is 1. The number of aromatic nitrogens is 2. The van der Waals surface area contributed by atoms with Gasteiger partial charge in [-0.05, 0) is 81.7 Å². The smallest absolute Gasteiger partial charge is 0.325 e. The summed E-state index contributed by atoms with van der Waals surface area (Å²) < 4.78 is 28.1. The van der Waals surface area contributed by atoms with Crippen LogP contribution in [0.1, 0.15) is 43.2 Å². The van der Waals surface area contributed by atoms with Gasteiger partial charge in [0.1, 0.15) is 0 Å². The zero-order chi connectivity index (χ0) is 23.3. The van der Waals surface area contributed by atoms with Crippen LogP contribution in [0.3, 0.4) is 0 Å². The molecule has 0 saturated carbocycles. The van der Waals surface area contributed by atoms with Crippen molar-refractivity contribution in [2.75, 3.05) is 32.2 Å². The second kappa shape index (κ2) is 10.3. The molecule has 1 aromatic carbocycles. The molecule has 1 aliphatic carbocycles. The van der Waals surface area contributed by atoms with Crippen molar-refractivity contribution in [3.05, 3.63) is 45.7 Å². The molecule has 3 rings (SSSR count). The lowest BCUT2D eigenvalue weighted by molar-refractivity contribution is -0.116. The first kappa shape index (κ1) is 23.9. The molecule has 0 atom stereocenters. The molecule has 32 heavy (non-hydrogen) atoms. The quantitative estimate of drug-likeness (QED) is 0.566. The predicted octanol–water partition coefficient (Wildman–Crippen LogP) is 1.85. The molecule has 0 bridgehead atoms. The number of amides is 1. The van der Waals surface area contributed by atoms with Gasteiger partial charge in [-0.2, -0.15) is 8.42 Å². The van der Waals surface area contributed by atoms with E-state index >= 15 is 0 Å². The number of rotatable bonds is 9. The van der Waals surface area contributed by atoms with Gasteiger partial charge in [0.2, 0.25) is 5.91 Å². The molecule has 0 aliphatic heterocycles. The van der Waals surface area contributed by atoms with E-state index in [0.717, 1.165) is 44.0 Å². The molecular weight excluding hydrogens is 432 g/mol. The van der Waals surface area contributed by atoms with Crippen molar-refractivity contribution in [3.63, 3.8) is 0 Å². The molecular formula is C22H30N4O5S. The lowest BCUT2D eigenvalue weighted by atomic mass is 9.90. The van der Waals surface area contributed by atoms with E-state index < -0.39 is 15.7 Å². The molecule has 1 aliphatic rings. The molecule has 10 heteroatoms. The summed E-state index contributed by atoms with van der Waals surface area (Å²) in [6, 6.07) is 7.18. The van der Waals surface area contributed by atoms with Crippen LogP contribution < -0.4 is 15.2 Å². The number of unbranched alkanes of at least 4 members (excludes halogenated alkanes) is 1. The molecule has 1 N–H and O–H groups in total. The second-order valence-electron chi connectivity index (χ2n) is 8.36. The Labute approximate surface area is 188 Å². The Morgan fingerprint density at radius 3 is 2.59 bits per heavy atom. The van der Waals surface area contributed by atoms with Crippen LogP contribution in [-0.4, -0.2) is 56.1 Å². The van der Waals surface area contributed by atoms with Crippen LogP contribution in [0.15, 0.2) is 29.1 Å². The Bertz CT molecular complexity index is 1140. The number of hydrogen-bond acceptors (Lipinski definition) is 7. The Morgan fingerprint density at radius 2 is 1.91 bits per heavy atom. The SMILES string of the molecule is CN(C)CCCCC(=O)Nc1cccc(-c2nn(OS(C)(=O)=O)c(=O)c3c2CCCC3)c1.